The molecule has 3 N–H and O–H groups in total. The molecule has 1 amide bonds. The second kappa shape index (κ2) is 42.5. The number of phosphoric acid groups is 1. The fourth-order valence-electron chi connectivity index (χ4n) is 6.76. The molecule has 0 aliphatic heterocycles. The summed E-state index contributed by atoms with van der Waals surface area (Å²) < 4.78 is 23.6. The van der Waals surface area contributed by atoms with E-state index in [1.807, 2.05) is 27.2 Å². The molecule has 350 valence electrons. The molecular weight excluding hydrogens is 768 g/mol. The van der Waals surface area contributed by atoms with Crippen LogP contribution in [-0.2, 0) is 18.4 Å². The van der Waals surface area contributed by atoms with E-state index in [-0.39, 0.29) is 19.1 Å². The van der Waals surface area contributed by atoms with Gasteiger partial charge in [-0.2, -0.15) is 0 Å². The highest BCUT2D eigenvalue weighted by atomic mass is 31.2. The van der Waals surface area contributed by atoms with Crippen molar-refractivity contribution in [2.45, 2.75) is 219 Å². The number of carbonyl (C=O) groups is 1. The minimum absolute atomic E-state index is 0.0484. The summed E-state index contributed by atoms with van der Waals surface area (Å²) in [6.07, 6.45) is 56.0. The number of aliphatic hydroxyl groups is 1. The highest BCUT2D eigenvalue weighted by Crippen LogP contribution is 2.43. The Kier molecular flexibility index (Phi) is 41.2. The summed E-state index contributed by atoms with van der Waals surface area (Å²) in [5.41, 5.74) is 0. The second-order valence-corrected chi connectivity index (χ2v) is 19.3. The number of rotatable bonds is 44. The van der Waals surface area contributed by atoms with Crippen LogP contribution in [0.15, 0.2) is 60.8 Å². The molecule has 0 spiro atoms. The number of likely N-dealkylation sites (N-methyl/N-ethyl adjacent to an activating group) is 1. The molecule has 0 heterocycles. The van der Waals surface area contributed by atoms with Gasteiger partial charge < -0.3 is 19.8 Å². The lowest BCUT2D eigenvalue weighted by Crippen LogP contribution is -2.45. The molecule has 0 saturated heterocycles. The number of nitrogens with one attached hydrogen (secondary N) is 1. The van der Waals surface area contributed by atoms with E-state index in [2.05, 4.69) is 67.8 Å². The Morgan fingerprint density at radius 1 is 0.567 bits per heavy atom. The van der Waals surface area contributed by atoms with Gasteiger partial charge in [-0.25, -0.2) is 4.57 Å². The summed E-state index contributed by atoms with van der Waals surface area (Å²) in [5, 5.41) is 13.8. The average Bonchev–Trinajstić information content (AvgIpc) is 3.20. The van der Waals surface area contributed by atoms with Crippen LogP contribution in [0.3, 0.4) is 0 Å². The van der Waals surface area contributed by atoms with Gasteiger partial charge in [0.25, 0.3) is 0 Å². The first-order chi connectivity index (χ1) is 29.0. The van der Waals surface area contributed by atoms with Gasteiger partial charge in [-0.3, -0.25) is 13.8 Å². The van der Waals surface area contributed by atoms with Crippen LogP contribution >= 0.6 is 7.82 Å². The van der Waals surface area contributed by atoms with Gasteiger partial charge in [0.1, 0.15) is 13.2 Å². The third-order valence-electron chi connectivity index (χ3n) is 10.7. The lowest BCUT2D eigenvalue weighted by Gasteiger charge is -2.25. The number of aliphatic hydroxyl groups excluding tert-OH is 1. The molecule has 0 aromatic rings. The van der Waals surface area contributed by atoms with Gasteiger partial charge in [0.2, 0.25) is 5.91 Å². The maximum atomic E-state index is 12.9. The zero-order valence-electron chi connectivity index (χ0n) is 39.7. The van der Waals surface area contributed by atoms with E-state index < -0.39 is 20.0 Å². The molecule has 0 rings (SSSR count). The summed E-state index contributed by atoms with van der Waals surface area (Å²) >= 11 is 0. The zero-order chi connectivity index (χ0) is 44.3. The fourth-order valence-corrected chi connectivity index (χ4v) is 7.49. The molecule has 0 saturated carbocycles. The van der Waals surface area contributed by atoms with E-state index in [0.717, 1.165) is 77.0 Å². The predicted molar refractivity (Wildman–Crippen MR) is 258 cm³/mol. The monoisotopic (exact) mass is 864 g/mol. The van der Waals surface area contributed by atoms with Gasteiger partial charge in [-0.1, -0.05) is 190 Å². The van der Waals surface area contributed by atoms with Gasteiger partial charge in [-0.15, -0.1) is 0 Å². The normalized spacial score (nSPS) is 14.7. The number of phosphoric ester groups is 1. The third kappa shape index (κ3) is 44.3. The van der Waals surface area contributed by atoms with Crippen molar-refractivity contribution < 1.29 is 32.9 Å². The SMILES string of the molecule is CCC/C=C\C/C=C\CCCCCCCC(=O)NC(COP(=O)(O)OCC[N+](C)(C)C)C(O)/C=C/CC/C=C/CC/C=C/CCCCCCCCCCCCCCCCC. The lowest BCUT2D eigenvalue weighted by atomic mass is 10.0. The van der Waals surface area contributed by atoms with Crippen LogP contribution in [0.1, 0.15) is 206 Å². The molecule has 0 aromatic heterocycles. The van der Waals surface area contributed by atoms with Crippen LogP contribution < -0.4 is 5.32 Å². The fraction of sp³-hybridized carbons (Fsp3) is 0.784. The van der Waals surface area contributed by atoms with E-state index >= 15 is 0 Å². The lowest BCUT2D eigenvalue weighted by molar-refractivity contribution is -0.870. The minimum atomic E-state index is -4.36. The maximum Gasteiger partial charge on any atom is 0.472 e. The Bertz CT molecular complexity index is 1160. The highest BCUT2D eigenvalue weighted by Gasteiger charge is 2.27. The van der Waals surface area contributed by atoms with Crippen molar-refractivity contribution in [3.8, 4) is 0 Å². The van der Waals surface area contributed by atoms with E-state index in [9.17, 15) is 19.4 Å². The quantitative estimate of drug-likeness (QED) is 0.0244. The van der Waals surface area contributed by atoms with Crippen molar-refractivity contribution in [1.82, 2.24) is 5.32 Å². The maximum absolute atomic E-state index is 12.9. The van der Waals surface area contributed by atoms with Crippen molar-refractivity contribution >= 4 is 13.7 Å². The Labute approximate surface area is 371 Å². The molecule has 0 radical (unpaired) electrons. The van der Waals surface area contributed by atoms with Gasteiger partial charge in [0.15, 0.2) is 0 Å². The molecule has 0 aromatic carbocycles. The van der Waals surface area contributed by atoms with Crippen LogP contribution in [0.2, 0.25) is 0 Å². The Morgan fingerprint density at radius 2 is 1.00 bits per heavy atom. The summed E-state index contributed by atoms with van der Waals surface area (Å²) in [6.45, 7) is 4.70. The Balaban J connectivity index is 4.37. The molecule has 60 heavy (non-hydrogen) atoms. The summed E-state index contributed by atoms with van der Waals surface area (Å²) in [5.74, 6) is -0.208. The molecular formula is C51H96N2O6P+. The van der Waals surface area contributed by atoms with E-state index in [1.54, 1.807) is 6.08 Å². The standard InChI is InChI=1S/C51H95N2O6P/c1-6-8-10-12-14-16-18-20-21-22-23-24-25-26-27-28-29-30-31-33-34-36-38-40-42-44-50(54)49(48-59-60(56,57)58-47-46-53(3,4)5)52-51(55)45-43-41-39-37-35-32-19-17-15-13-11-9-7-2/h11,13,17,19,29-30,34,36,42,44,49-50,54H,6-10,12,14-16,18,20-28,31-33,35,37-41,43,45-48H2,1-5H3,(H-,52,55,56,57)/p+1/b13-11-,19-17-,30-29+,36-34+,44-42+. The Morgan fingerprint density at radius 3 is 1.50 bits per heavy atom. The third-order valence-corrected chi connectivity index (χ3v) is 11.7. The molecule has 3 unspecified atom stereocenters. The highest BCUT2D eigenvalue weighted by molar-refractivity contribution is 7.47. The van der Waals surface area contributed by atoms with Crippen molar-refractivity contribution in [1.29, 1.82) is 0 Å². The van der Waals surface area contributed by atoms with Crippen LogP contribution in [0.5, 0.6) is 0 Å². The predicted octanol–water partition coefficient (Wildman–Crippen LogP) is 14.2. The zero-order valence-corrected chi connectivity index (χ0v) is 40.6. The van der Waals surface area contributed by atoms with Gasteiger partial charge >= 0.3 is 7.82 Å². The molecule has 0 aliphatic rings. The topological polar surface area (TPSA) is 105 Å². The average molecular weight is 864 g/mol. The van der Waals surface area contributed by atoms with Crippen LogP contribution in [-0.4, -0.2) is 73.4 Å². The van der Waals surface area contributed by atoms with Crippen molar-refractivity contribution in [3.05, 3.63) is 60.8 Å². The van der Waals surface area contributed by atoms with Gasteiger partial charge in [-0.05, 0) is 70.6 Å². The van der Waals surface area contributed by atoms with Gasteiger partial charge in [0, 0.05) is 6.42 Å². The number of nitrogens with zero attached hydrogens (tertiary/aromatic N) is 1. The van der Waals surface area contributed by atoms with Crippen molar-refractivity contribution in [3.63, 3.8) is 0 Å². The molecule has 0 bridgehead atoms. The van der Waals surface area contributed by atoms with Gasteiger partial charge in [0.05, 0.1) is 39.9 Å². The van der Waals surface area contributed by atoms with E-state index in [1.165, 1.54) is 109 Å². The first kappa shape index (κ1) is 58.2. The molecule has 9 heteroatoms. The first-order valence-electron chi connectivity index (χ1n) is 24.7. The number of carbonyl (C=O) groups excluding carboxylic acids is 1. The molecule has 8 nitrogen and oxygen atoms in total. The number of hydrogen-bond acceptors (Lipinski definition) is 5. The summed E-state index contributed by atoms with van der Waals surface area (Å²) in [4.78, 5) is 23.1. The number of amides is 1. The summed E-state index contributed by atoms with van der Waals surface area (Å²) in [6, 6.07) is -0.878. The summed E-state index contributed by atoms with van der Waals surface area (Å²) in [7, 11) is 1.53. The number of quaternary nitrogens is 1. The van der Waals surface area contributed by atoms with E-state index in [4.69, 9.17) is 9.05 Å². The van der Waals surface area contributed by atoms with Crippen molar-refractivity contribution in [2.75, 3.05) is 40.9 Å². The van der Waals surface area contributed by atoms with E-state index in [0.29, 0.717) is 17.4 Å². The van der Waals surface area contributed by atoms with Crippen LogP contribution in [0, 0.1) is 0 Å². The van der Waals surface area contributed by atoms with Crippen LogP contribution in [0.4, 0.5) is 0 Å². The van der Waals surface area contributed by atoms with Crippen molar-refractivity contribution in [2.24, 2.45) is 0 Å². The number of allylic oxidation sites excluding steroid dienone is 9. The molecule has 3 atom stereocenters. The molecule has 0 fully saturated rings. The second-order valence-electron chi connectivity index (χ2n) is 17.8. The minimum Gasteiger partial charge on any atom is -0.387 e. The molecule has 0 aliphatic carbocycles. The van der Waals surface area contributed by atoms with Crippen LogP contribution in [0.25, 0.3) is 0 Å². The number of hydrogen-bond donors (Lipinski definition) is 3. The Hall–Kier alpha value is -1.80. The smallest absolute Gasteiger partial charge is 0.387 e. The largest absolute Gasteiger partial charge is 0.472 e. The number of unbranched alkanes of at least 4 members (excludes halogenated alkanes) is 23. The first-order valence-corrected chi connectivity index (χ1v) is 26.2.